The van der Waals surface area contributed by atoms with Crippen LogP contribution >= 0.6 is 0 Å². The van der Waals surface area contributed by atoms with Crippen LogP contribution in [0.2, 0.25) is 0 Å². The highest BCUT2D eigenvalue weighted by Crippen LogP contribution is 2.01. The van der Waals surface area contributed by atoms with E-state index in [1.165, 1.54) is 5.56 Å². The minimum atomic E-state index is 0.456. The number of rotatable bonds is 4. The van der Waals surface area contributed by atoms with Crippen LogP contribution in [0.3, 0.4) is 0 Å². The molecule has 0 aliphatic rings. The fourth-order valence-corrected chi connectivity index (χ4v) is 1.24. The summed E-state index contributed by atoms with van der Waals surface area (Å²) in [6.07, 6.45) is 1.04. The van der Waals surface area contributed by atoms with Crippen molar-refractivity contribution in [1.29, 1.82) is 0 Å². The molecule has 0 aliphatic carbocycles. The van der Waals surface area contributed by atoms with Crippen molar-refractivity contribution in [3.63, 3.8) is 0 Å². The van der Waals surface area contributed by atoms with Crippen molar-refractivity contribution >= 4 is 0 Å². The lowest BCUT2D eigenvalue weighted by Crippen LogP contribution is -2.32. The van der Waals surface area contributed by atoms with Gasteiger partial charge in [0, 0.05) is 12.7 Å². The summed E-state index contributed by atoms with van der Waals surface area (Å²) >= 11 is 0. The Kier molecular flexibility index (Phi) is 3.77. The van der Waals surface area contributed by atoms with Gasteiger partial charge in [0.25, 0.3) is 0 Å². The fraction of sp³-hybridized carbons (Fsp3) is 0.400. The van der Waals surface area contributed by atoms with Crippen LogP contribution in [-0.4, -0.2) is 12.7 Å². The van der Waals surface area contributed by atoms with E-state index < -0.39 is 0 Å². The van der Waals surface area contributed by atoms with Crippen LogP contribution in [0.1, 0.15) is 12.5 Å². The van der Waals surface area contributed by atoms with E-state index in [0.29, 0.717) is 12.7 Å². The summed E-state index contributed by atoms with van der Waals surface area (Å²) in [6.45, 7) is 2.69. The lowest BCUT2D eigenvalue weighted by atomic mass is 10.1. The van der Waals surface area contributed by atoms with Crippen molar-refractivity contribution in [2.75, 3.05) is 6.67 Å². The van der Waals surface area contributed by atoms with Crippen LogP contribution in [0, 0.1) is 0 Å². The Bertz CT molecular complexity index is 208. The van der Waals surface area contributed by atoms with E-state index in [0.717, 1.165) is 6.42 Å². The van der Waals surface area contributed by atoms with Crippen LogP contribution in [0.4, 0.5) is 0 Å². The van der Waals surface area contributed by atoms with Crippen LogP contribution in [-0.2, 0) is 6.42 Å². The molecule has 3 N–H and O–H groups in total. The summed E-state index contributed by atoms with van der Waals surface area (Å²) in [6, 6.07) is 10.9. The number of benzene rings is 1. The first-order chi connectivity index (χ1) is 5.83. The van der Waals surface area contributed by atoms with Crippen molar-refractivity contribution in [1.82, 2.24) is 5.32 Å². The minimum Gasteiger partial charge on any atom is -0.318 e. The molecule has 0 saturated carbocycles. The highest BCUT2D eigenvalue weighted by atomic mass is 15.0. The Balaban J connectivity index is 2.41. The van der Waals surface area contributed by atoms with Gasteiger partial charge in [-0.1, -0.05) is 30.3 Å². The average Bonchev–Trinajstić information content (AvgIpc) is 2.06. The molecule has 66 valence electrons. The number of hydrogen-bond acceptors (Lipinski definition) is 2. The second kappa shape index (κ2) is 4.91. The molecule has 1 rings (SSSR count). The fourth-order valence-electron chi connectivity index (χ4n) is 1.24. The largest absolute Gasteiger partial charge is 0.318 e. The number of nitrogens with one attached hydrogen (secondary N) is 1. The van der Waals surface area contributed by atoms with Gasteiger partial charge in [0.15, 0.2) is 0 Å². The summed E-state index contributed by atoms with van der Waals surface area (Å²) in [5.74, 6) is 0. The second-order valence-corrected chi connectivity index (χ2v) is 3.00. The van der Waals surface area contributed by atoms with Crippen molar-refractivity contribution in [2.24, 2.45) is 5.73 Å². The van der Waals surface area contributed by atoms with E-state index in [4.69, 9.17) is 5.73 Å². The smallest absolute Gasteiger partial charge is 0.0430 e. The molecular weight excluding hydrogens is 148 g/mol. The van der Waals surface area contributed by atoms with Crippen molar-refractivity contribution in [3.05, 3.63) is 35.9 Å². The molecule has 2 nitrogen and oxygen atoms in total. The van der Waals surface area contributed by atoms with Gasteiger partial charge < -0.3 is 11.1 Å². The topological polar surface area (TPSA) is 38.0 Å². The summed E-state index contributed by atoms with van der Waals surface area (Å²) in [5, 5.41) is 3.17. The average molecular weight is 164 g/mol. The quantitative estimate of drug-likeness (QED) is 0.654. The Labute approximate surface area is 73.8 Å². The molecule has 1 atom stereocenters. The summed E-state index contributed by atoms with van der Waals surface area (Å²) < 4.78 is 0. The van der Waals surface area contributed by atoms with E-state index in [-0.39, 0.29) is 0 Å². The summed E-state index contributed by atoms with van der Waals surface area (Å²) in [7, 11) is 0. The molecule has 0 bridgehead atoms. The van der Waals surface area contributed by atoms with Gasteiger partial charge in [-0.15, -0.1) is 0 Å². The van der Waals surface area contributed by atoms with Gasteiger partial charge in [-0.25, -0.2) is 0 Å². The lowest BCUT2D eigenvalue weighted by Gasteiger charge is -2.11. The standard InChI is InChI=1S/C10H16N2/c1-9(12-8-11)7-10-5-3-2-4-6-10/h2-6,9,12H,7-8,11H2,1H3. The third-order valence-corrected chi connectivity index (χ3v) is 1.85. The maximum absolute atomic E-state index is 5.37. The van der Waals surface area contributed by atoms with Crippen molar-refractivity contribution in [3.8, 4) is 0 Å². The molecule has 0 fully saturated rings. The van der Waals surface area contributed by atoms with E-state index in [2.05, 4.69) is 36.5 Å². The predicted molar refractivity (Wildman–Crippen MR) is 51.8 cm³/mol. The van der Waals surface area contributed by atoms with Gasteiger partial charge in [0.1, 0.15) is 0 Å². The monoisotopic (exact) mass is 164 g/mol. The number of hydrogen-bond donors (Lipinski definition) is 2. The van der Waals surface area contributed by atoms with E-state index in [9.17, 15) is 0 Å². The molecule has 0 spiro atoms. The van der Waals surface area contributed by atoms with Crippen LogP contribution in [0.5, 0.6) is 0 Å². The van der Waals surface area contributed by atoms with Crippen molar-refractivity contribution in [2.45, 2.75) is 19.4 Å². The normalized spacial score (nSPS) is 12.8. The van der Waals surface area contributed by atoms with Crippen LogP contribution in [0.15, 0.2) is 30.3 Å². The summed E-state index contributed by atoms with van der Waals surface area (Å²) in [5.41, 5.74) is 6.72. The first-order valence-corrected chi connectivity index (χ1v) is 4.30. The van der Waals surface area contributed by atoms with Gasteiger partial charge in [-0.2, -0.15) is 0 Å². The Hall–Kier alpha value is -0.860. The molecule has 2 heteroatoms. The highest BCUT2D eigenvalue weighted by molar-refractivity contribution is 5.15. The Morgan fingerprint density at radius 1 is 1.33 bits per heavy atom. The molecule has 0 amide bonds. The first kappa shape index (κ1) is 9.23. The first-order valence-electron chi connectivity index (χ1n) is 4.30. The maximum Gasteiger partial charge on any atom is 0.0430 e. The molecule has 1 unspecified atom stereocenters. The van der Waals surface area contributed by atoms with Gasteiger partial charge in [0.05, 0.1) is 0 Å². The van der Waals surface area contributed by atoms with E-state index in [1.807, 2.05) is 6.07 Å². The lowest BCUT2D eigenvalue weighted by molar-refractivity contribution is 0.557. The zero-order valence-corrected chi connectivity index (χ0v) is 7.46. The van der Waals surface area contributed by atoms with Crippen LogP contribution < -0.4 is 11.1 Å². The third-order valence-electron chi connectivity index (χ3n) is 1.85. The minimum absolute atomic E-state index is 0.456. The Morgan fingerprint density at radius 2 is 2.00 bits per heavy atom. The SMILES string of the molecule is CC(Cc1ccccc1)NCN. The van der Waals surface area contributed by atoms with Crippen LogP contribution in [0.25, 0.3) is 0 Å². The molecule has 0 radical (unpaired) electrons. The molecule has 0 heterocycles. The Morgan fingerprint density at radius 3 is 2.58 bits per heavy atom. The summed E-state index contributed by atoms with van der Waals surface area (Å²) in [4.78, 5) is 0. The molecule has 0 aromatic heterocycles. The van der Waals surface area contributed by atoms with E-state index >= 15 is 0 Å². The zero-order chi connectivity index (χ0) is 8.81. The number of nitrogens with two attached hydrogens (primary N) is 1. The molecule has 1 aromatic carbocycles. The maximum atomic E-state index is 5.37. The van der Waals surface area contributed by atoms with Crippen molar-refractivity contribution < 1.29 is 0 Å². The zero-order valence-electron chi connectivity index (χ0n) is 7.46. The van der Waals surface area contributed by atoms with Gasteiger partial charge in [-0.3, -0.25) is 0 Å². The van der Waals surface area contributed by atoms with Gasteiger partial charge >= 0.3 is 0 Å². The van der Waals surface area contributed by atoms with Gasteiger partial charge in [0.2, 0.25) is 0 Å². The molecule has 0 aliphatic heterocycles. The second-order valence-electron chi connectivity index (χ2n) is 3.00. The van der Waals surface area contributed by atoms with Gasteiger partial charge in [-0.05, 0) is 18.9 Å². The molecule has 12 heavy (non-hydrogen) atoms. The predicted octanol–water partition coefficient (Wildman–Crippen LogP) is 1.12. The molecule has 0 saturated heterocycles. The molecule has 1 aromatic rings. The van der Waals surface area contributed by atoms with E-state index in [1.54, 1.807) is 0 Å². The third kappa shape index (κ3) is 3.03. The molecular formula is C10H16N2. The highest BCUT2D eigenvalue weighted by Gasteiger charge is 1.99.